The first kappa shape index (κ1) is 23.7. The van der Waals surface area contributed by atoms with Gasteiger partial charge in [-0.1, -0.05) is 48.9 Å². The van der Waals surface area contributed by atoms with Crippen LogP contribution in [0.25, 0.3) is 0 Å². The Kier molecular flexibility index (Phi) is 9.68. The zero-order valence-corrected chi connectivity index (χ0v) is 19.5. The highest BCUT2D eigenvalue weighted by atomic mass is 32.2. The van der Waals surface area contributed by atoms with E-state index in [4.69, 9.17) is 10.4 Å². The maximum atomic E-state index is 8.19. The SMILES string of the molecule is CCC(CC(=NC(=NC)C(C(C)=N)=C(C)C)SCc1cccnc1)c1ccccc1. The highest BCUT2D eigenvalue weighted by molar-refractivity contribution is 8.13. The predicted molar refractivity (Wildman–Crippen MR) is 132 cm³/mol. The van der Waals surface area contributed by atoms with Crippen LogP contribution in [0.5, 0.6) is 0 Å². The van der Waals surface area contributed by atoms with Crippen LogP contribution in [-0.2, 0) is 5.75 Å². The second kappa shape index (κ2) is 12.2. The normalized spacial score (nSPS) is 13.1. The molecule has 0 aliphatic rings. The first-order valence-electron chi connectivity index (χ1n) is 10.3. The summed E-state index contributed by atoms with van der Waals surface area (Å²) in [6.45, 7) is 8.04. The van der Waals surface area contributed by atoms with Crippen molar-refractivity contribution in [3.8, 4) is 0 Å². The smallest absolute Gasteiger partial charge is 0.156 e. The zero-order valence-electron chi connectivity index (χ0n) is 18.6. The molecule has 0 aliphatic carbocycles. The van der Waals surface area contributed by atoms with Gasteiger partial charge in [-0.15, -0.1) is 11.8 Å². The van der Waals surface area contributed by atoms with Gasteiger partial charge in [0.1, 0.15) is 0 Å². The van der Waals surface area contributed by atoms with E-state index in [1.54, 1.807) is 31.9 Å². The lowest BCUT2D eigenvalue weighted by Crippen LogP contribution is -2.13. The summed E-state index contributed by atoms with van der Waals surface area (Å²) in [4.78, 5) is 13.6. The summed E-state index contributed by atoms with van der Waals surface area (Å²) in [7, 11) is 1.75. The van der Waals surface area contributed by atoms with Crippen LogP contribution in [0.1, 0.15) is 57.6 Å². The number of thioether (sulfide) groups is 1. The molecule has 0 fully saturated rings. The second-order valence-corrected chi connectivity index (χ2v) is 8.47. The van der Waals surface area contributed by atoms with Crippen molar-refractivity contribution >= 4 is 28.4 Å². The highest BCUT2D eigenvalue weighted by Gasteiger charge is 2.17. The van der Waals surface area contributed by atoms with Crippen molar-refractivity contribution in [1.82, 2.24) is 4.98 Å². The Morgan fingerprint density at radius 2 is 1.83 bits per heavy atom. The van der Waals surface area contributed by atoms with E-state index in [-0.39, 0.29) is 0 Å². The molecule has 1 aromatic heterocycles. The van der Waals surface area contributed by atoms with Crippen molar-refractivity contribution in [2.75, 3.05) is 7.05 Å². The van der Waals surface area contributed by atoms with Crippen molar-refractivity contribution in [2.24, 2.45) is 9.98 Å². The summed E-state index contributed by atoms with van der Waals surface area (Å²) < 4.78 is 0. The number of pyridine rings is 1. The summed E-state index contributed by atoms with van der Waals surface area (Å²) in [5, 5.41) is 9.22. The van der Waals surface area contributed by atoms with Gasteiger partial charge >= 0.3 is 0 Å². The molecule has 4 nitrogen and oxygen atoms in total. The monoisotopic (exact) mass is 420 g/mol. The molecular formula is C25H32N4S. The van der Waals surface area contributed by atoms with Crippen LogP contribution in [0.4, 0.5) is 0 Å². The summed E-state index contributed by atoms with van der Waals surface area (Å²) >= 11 is 1.73. The second-order valence-electron chi connectivity index (χ2n) is 7.42. The fourth-order valence-corrected chi connectivity index (χ4v) is 4.30. The van der Waals surface area contributed by atoms with E-state index in [1.807, 2.05) is 26.1 Å². The van der Waals surface area contributed by atoms with E-state index in [0.717, 1.165) is 34.8 Å². The molecule has 0 radical (unpaired) electrons. The molecule has 1 N–H and O–H groups in total. The van der Waals surface area contributed by atoms with Gasteiger partial charge in [0.2, 0.25) is 0 Å². The third kappa shape index (κ3) is 7.06. The molecule has 1 atom stereocenters. The first-order valence-corrected chi connectivity index (χ1v) is 11.3. The van der Waals surface area contributed by atoms with Gasteiger partial charge in [-0.2, -0.15) is 0 Å². The van der Waals surface area contributed by atoms with Gasteiger partial charge in [-0.05, 0) is 50.3 Å². The minimum Gasteiger partial charge on any atom is -0.305 e. The summed E-state index contributed by atoms with van der Waals surface area (Å²) in [6.07, 6.45) is 5.57. The average molecular weight is 421 g/mol. The summed E-state index contributed by atoms with van der Waals surface area (Å²) in [5.41, 5.74) is 4.87. The van der Waals surface area contributed by atoms with Gasteiger partial charge < -0.3 is 5.41 Å². The van der Waals surface area contributed by atoms with Crippen LogP contribution >= 0.6 is 11.8 Å². The fourth-order valence-electron chi connectivity index (χ4n) is 3.32. The molecule has 30 heavy (non-hydrogen) atoms. The molecule has 1 heterocycles. The van der Waals surface area contributed by atoms with E-state index < -0.39 is 0 Å². The predicted octanol–water partition coefficient (Wildman–Crippen LogP) is 6.70. The fraction of sp³-hybridized carbons (Fsp3) is 0.360. The highest BCUT2D eigenvalue weighted by Crippen LogP contribution is 2.28. The van der Waals surface area contributed by atoms with Gasteiger partial charge in [0.05, 0.1) is 5.04 Å². The Hall–Kier alpha value is -2.53. The van der Waals surface area contributed by atoms with Gasteiger partial charge in [0.15, 0.2) is 5.84 Å². The molecular weight excluding hydrogens is 388 g/mol. The number of amidine groups is 1. The van der Waals surface area contributed by atoms with Crippen LogP contribution in [0.15, 0.2) is 76.0 Å². The Balaban J connectivity index is 2.37. The number of nitrogens with zero attached hydrogens (tertiary/aromatic N) is 3. The van der Waals surface area contributed by atoms with Crippen LogP contribution < -0.4 is 0 Å². The molecule has 0 saturated heterocycles. The summed E-state index contributed by atoms with van der Waals surface area (Å²) in [6, 6.07) is 14.7. The quantitative estimate of drug-likeness (QED) is 0.381. The van der Waals surface area contributed by atoms with E-state index in [9.17, 15) is 0 Å². The maximum Gasteiger partial charge on any atom is 0.156 e. The van der Waals surface area contributed by atoms with Gasteiger partial charge in [-0.3, -0.25) is 9.98 Å². The standard InChI is InChI=1S/C25H32N4S/c1-6-21(22-12-8-7-9-13-22)15-23(30-17-20-11-10-14-28-16-20)29-25(27-5)24(18(2)3)19(4)26/h7-14,16,21,26H,6,15,17H2,1-5H3. The lowest BCUT2D eigenvalue weighted by molar-refractivity contribution is 0.695. The number of benzene rings is 1. The van der Waals surface area contributed by atoms with E-state index in [1.165, 1.54) is 11.1 Å². The Bertz CT molecular complexity index is 911. The maximum absolute atomic E-state index is 8.19. The molecule has 0 aliphatic heterocycles. The summed E-state index contributed by atoms with van der Waals surface area (Å²) in [5.74, 6) is 1.84. The van der Waals surface area contributed by atoms with Crippen LogP contribution in [-0.4, -0.2) is 28.6 Å². The van der Waals surface area contributed by atoms with Crippen molar-refractivity contribution < 1.29 is 0 Å². The van der Waals surface area contributed by atoms with Crippen molar-refractivity contribution in [2.45, 2.75) is 52.2 Å². The minimum atomic E-state index is 0.390. The van der Waals surface area contributed by atoms with Crippen molar-refractivity contribution in [3.05, 3.63) is 77.1 Å². The molecule has 158 valence electrons. The first-order chi connectivity index (χ1) is 14.5. The minimum absolute atomic E-state index is 0.390. The molecule has 0 saturated carbocycles. The Labute approximate surface area is 185 Å². The molecule has 1 aromatic carbocycles. The Morgan fingerprint density at radius 3 is 2.37 bits per heavy atom. The third-order valence-electron chi connectivity index (χ3n) is 4.85. The zero-order chi connectivity index (χ0) is 21.9. The topological polar surface area (TPSA) is 61.5 Å². The molecule has 2 aromatic rings. The van der Waals surface area contributed by atoms with Crippen molar-refractivity contribution in [1.29, 1.82) is 5.41 Å². The number of hydrogen-bond acceptors (Lipinski definition) is 4. The molecule has 1 unspecified atom stereocenters. The number of aliphatic imine (C=N–C) groups is 2. The van der Waals surface area contributed by atoms with E-state index >= 15 is 0 Å². The van der Waals surface area contributed by atoms with E-state index in [2.05, 4.69) is 53.3 Å². The lowest BCUT2D eigenvalue weighted by Gasteiger charge is -2.18. The van der Waals surface area contributed by atoms with Crippen LogP contribution in [0, 0.1) is 5.41 Å². The van der Waals surface area contributed by atoms with Crippen LogP contribution in [0.2, 0.25) is 0 Å². The van der Waals surface area contributed by atoms with Gasteiger partial charge in [0.25, 0.3) is 0 Å². The number of hydrogen-bond donors (Lipinski definition) is 1. The molecule has 2 rings (SSSR count). The number of rotatable bonds is 8. The van der Waals surface area contributed by atoms with Crippen LogP contribution in [0.3, 0.4) is 0 Å². The number of aromatic nitrogens is 1. The average Bonchev–Trinajstić information content (AvgIpc) is 2.75. The third-order valence-corrected chi connectivity index (χ3v) is 5.92. The van der Waals surface area contributed by atoms with E-state index in [0.29, 0.717) is 17.5 Å². The largest absolute Gasteiger partial charge is 0.305 e. The molecule has 0 bridgehead atoms. The molecule has 5 heteroatoms. The van der Waals surface area contributed by atoms with Gasteiger partial charge in [-0.25, -0.2) is 4.99 Å². The lowest BCUT2D eigenvalue weighted by atomic mass is 9.94. The van der Waals surface area contributed by atoms with Gasteiger partial charge in [0, 0.05) is 42.9 Å². The molecule has 0 amide bonds. The van der Waals surface area contributed by atoms with Crippen molar-refractivity contribution in [3.63, 3.8) is 0 Å². The number of nitrogens with one attached hydrogen (secondary N) is 1. The number of allylic oxidation sites excluding steroid dienone is 1. The Morgan fingerprint density at radius 1 is 1.10 bits per heavy atom. The molecule has 0 spiro atoms.